The van der Waals surface area contributed by atoms with Gasteiger partial charge in [0.25, 0.3) is 5.91 Å². The summed E-state index contributed by atoms with van der Waals surface area (Å²) in [6.45, 7) is 7.89. The van der Waals surface area contributed by atoms with E-state index in [0.717, 1.165) is 34.1 Å². The molecular weight excluding hydrogens is 348 g/mol. The fourth-order valence-electron chi connectivity index (χ4n) is 4.14. The van der Waals surface area contributed by atoms with Crippen LogP contribution in [0.1, 0.15) is 40.2 Å². The van der Waals surface area contributed by atoms with Crippen LogP contribution in [0.15, 0.2) is 24.3 Å². The SMILES string of the molecule is Cc1nn(Cc2ccc(C(=O)NC3CN4CCC3CC4)cc2)c(C)c1Cl. The highest BCUT2D eigenvalue weighted by atomic mass is 35.5. The minimum absolute atomic E-state index is 0.0319. The number of hydrogen-bond acceptors (Lipinski definition) is 3. The maximum absolute atomic E-state index is 12.6. The van der Waals surface area contributed by atoms with Crippen LogP contribution in [0.5, 0.6) is 0 Å². The Labute approximate surface area is 159 Å². The normalized spacial score (nSPS) is 24.7. The van der Waals surface area contributed by atoms with Crippen molar-refractivity contribution in [1.82, 2.24) is 20.0 Å². The summed E-state index contributed by atoms with van der Waals surface area (Å²) in [5.41, 5.74) is 3.63. The number of carbonyl (C=O) groups is 1. The summed E-state index contributed by atoms with van der Waals surface area (Å²) < 4.78 is 1.90. The van der Waals surface area contributed by atoms with Gasteiger partial charge in [-0.2, -0.15) is 5.10 Å². The molecule has 3 aliphatic rings. The third-order valence-corrected chi connectivity index (χ3v) is 6.36. The minimum atomic E-state index is 0.0319. The van der Waals surface area contributed by atoms with Gasteiger partial charge in [0, 0.05) is 18.2 Å². The summed E-state index contributed by atoms with van der Waals surface area (Å²) in [5, 5.41) is 8.42. The van der Waals surface area contributed by atoms with E-state index in [2.05, 4.69) is 15.3 Å². The molecule has 6 heteroatoms. The molecule has 1 N–H and O–H groups in total. The van der Waals surface area contributed by atoms with Crippen molar-refractivity contribution in [3.05, 3.63) is 51.8 Å². The number of piperidine rings is 3. The Kier molecular flexibility index (Phi) is 4.76. The highest BCUT2D eigenvalue weighted by Crippen LogP contribution is 2.27. The summed E-state index contributed by atoms with van der Waals surface area (Å²) in [6, 6.07) is 8.09. The molecule has 5 nitrogen and oxygen atoms in total. The lowest BCUT2D eigenvalue weighted by Gasteiger charge is -2.44. The van der Waals surface area contributed by atoms with Crippen molar-refractivity contribution in [2.24, 2.45) is 5.92 Å². The van der Waals surface area contributed by atoms with E-state index in [-0.39, 0.29) is 5.91 Å². The summed E-state index contributed by atoms with van der Waals surface area (Å²) in [7, 11) is 0. The summed E-state index contributed by atoms with van der Waals surface area (Å²) in [6.07, 6.45) is 2.41. The second-order valence-electron chi connectivity index (χ2n) is 7.56. The Morgan fingerprint density at radius 1 is 1.23 bits per heavy atom. The van der Waals surface area contributed by atoms with Crippen LogP contribution in [0.4, 0.5) is 0 Å². The number of aromatic nitrogens is 2. The molecule has 1 atom stereocenters. The Morgan fingerprint density at radius 2 is 1.92 bits per heavy atom. The molecule has 1 aromatic heterocycles. The fraction of sp³-hybridized carbons (Fsp3) is 0.500. The molecule has 0 radical (unpaired) electrons. The van der Waals surface area contributed by atoms with Gasteiger partial charge in [0.2, 0.25) is 0 Å². The Hall–Kier alpha value is -1.85. The van der Waals surface area contributed by atoms with Gasteiger partial charge in [0.15, 0.2) is 0 Å². The van der Waals surface area contributed by atoms with Gasteiger partial charge >= 0.3 is 0 Å². The minimum Gasteiger partial charge on any atom is -0.348 e. The molecular formula is C20H25ClN4O. The topological polar surface area (TPSA) is 50.2 Å². The lowest BCUT2D eigenvalue weighted by Crippen LogP contribution is -2.57. The number of rotatable bonds is 4. The maximum atomic E-state index is 12.6. The molecule has 3 fully saturated rings. The van der Waals surface area contributed by atoms with E-state index in [1.165, 1.54) is 25.9 Å². The van der Waals surface area contributed by atoms with Gasteiger partial charge in [-0.3, -0.25) is 9.48 Å². The van der Waals surface area contributed by atoms with Gasteiger partial charge < -0.3 is 10.2 Å². The second kappa shape index (κ2) is 7.05. The molecule has 26 heavy (non-hydrogen) atoms. The highest BCUT2D eigenvalue weighted by Gasteiger charge is 2.34. The Morgan fingerprint density at radius 3 is 2.46 bits per heavy atom. The molecule has 0 spiro atoms. The molecule has 1 unspecified atom stereocenters. The van der Waals surface area contributed by atoms with E-state index in [0.29, 0.717) is 18.5 Å². The van der Waals surface area contributed by atoms with Crippen molar-refractivity contribution in [3.8, 4) is 0 Å². The highest BCUT2D eigenvalue weighted by molar-refractivity contribution is 6.31. The maximum Gasteiger partial charge on any atom is 0.251 e. The summed E-state index contributed by atoms with van der Waals surface area (Å²) in [5.74, 6) is 0.670. The lowest BCUT2D eigenvalue weighted by molar-refractivity contribution is 0.0620. The molecule has 5 rings (SSSR count). The van der Waals surface area contributed by atoms with Crippen molar-refractivity contribution >= 4 is 17.5 Å². The molecule has 1 amide bonds. The van der Waals surface area contributed by atoms with Crippen LogP contribution >= 0.6 is 11.6 Å². The van der Waals surface area contributed by atoms with E-state index in [1.54, 1.807) is 0 Å². The second-order valence-corrected chi connectivity index (χ2v) is 7.94. The molecule has 3 aliphatic heterocycles. The van der Waals surface area contributed by atoms with Crippen molar-refractivity contribution in [2.75, 3.05) is 19.6 Å². The average molecular weight is 373 g/mol. The lowest BCUT2D eigenvalue weighted by atomic mass is 9.84. The monoisotopic (exact) mass is 372 g/mol. The molecule has 138 valence electrons. The zero-order valence-electron chi connectivity index (χ0n) is 15.3. The number of hydrogen-bond donors (Lipinski definition) is 1. The smallest absolute Gasteiger partial charge is 0.251 e. The predicted octanol–water partition coefficient (Wildman–Crippen LogP) is 3.03. The zero-order valence-corrected chi connectivity index (χ0v) is 16.1. The van der Waals surface area contributed by atoms with Gasteiger partial charge in [-0.1, -0.05) is 23.7 Å². The quantitative estimate of drug-likeness (QED) is 0.897. The van der Waals surface area contributed by atoms with Crippen LogP contribution in [0.3, 0.4) is 0 Å². The first-order valence-corrected chi connectivity index (χ1v) is 9.70. The third kappa shape index (κ3) is 3.38. The Balaban J connectivity index is 1.40. The first-order valence-electron chi connectivity index (χ1n) is 9.33. The largest absolute Gasteiger partial charge is 0.348 e. The van der Waals surface area contributed by atoms with Gasteiger partial charge in [-0.25, -0.2) is 0 Å². The van der Waals surface area contributed by atoms with Gasteiger partial charge in [0.1, 0.15) is 0 Å². The summed E-state index contributed by atoms with van der Waals surface area (Å²) in [4.78, 5) is 15.0. The first kappa shape index (κ1) is 17.6. The van der Waals surface area contributed by atoms with E-state index < -0.39 is 0 Å². The number of nitrogens with one attached hydrogen (secondary N) is 1. The molecule has 3 saturated heterocycles. The van der Waals surface area contributed by atoms with Crippen LogP contribution in [0.2, 0.25) is 5.02 Å². The van der Waals surface area contributed by atoms with Gasteiger partial charge in [-0.05, 0) is 63.4 Å². The number of benzene rings is 1. The van der Waals surface area contributed by atoms with Crippen LogP contribution in [-0.4, -0.2) is 46.3 Å². The van der Waals surface area contributed by atoms with Crippen molar-refractivity contribution in [1.29, 1.82) is 0 Å². The molecule has 2 bridgehead atoms. The first-order chi connectivity index (χ1) is 12.5. The number of fused-ring (bicyclic) bond motifs is 3. The Bertz CT molecular complexity index is 806. The van der Waals surface area contributed by atoms with Crippen molar-refractivity contribution < 1.29 is 4.79 Å². The van der Waals surface area contributed by atoms with Crippen LogP contribution in [0.25, 0.3) is 0 Å². The average Bonchev–Trinajstić information content (AvgIpc) is 2.90. The number of amides is 1. The zero-order chi connectivity index (χ0) is 18.3. The van der Waals surface area contributed by atoms with Crippen LogP contribution in [-0.2, 0) is 6.54 Å². The van der Waals surface area contributed by atoms with E-state index in [4.69, 9.17) is 11.6 Å². The summed E-state index contributed by atoms with van der Waals surface area (Å²) >= 11 is 6.21. The molecule has 0 saturated carbocycles. The van der Waals surface area contributed by atoms with Gasteiger partial charge in [0.05, 0.1) is 23.0 Å². The van der Waals surface area contributed by atoms with E-state index in [9.17, 15) is 4.79 Å². The standard InChI is InChI=1S/C20H25ClN4O/c1-13-19(21)14(2)25(23-13)11-15-3-5-17(6-4-15)20(26)22-18-12-24-9-7-16(18)8-10-24/h3-6,16,18H,7-12H2,1-2H3,(H,22,26). The van der Waals surface area contributed by atoms with Crippen LogP contribution in [0, 0.1) is 19.8 Å². The van der Waals surface area contributed by atoms with E-state index in [1.807, 2.05) is 42.8 Å². The predicted molar refractivity (Wildman–Crippen MR) is 103 cm³/mol. The van der Waals surface area contributed by atoms with E-state index >= 15 is 0 Å². The molecule has 0 aliphatic carbocycles. The number of aryl methyl sites for hydroxylation is 1. The third-order valence-electron chi connectivity index (χ3n) is 5.81. The van der Waals surface area contributed by atoms with Crippen molar-refractivity contribution in [2.45, 2.75) is 39.3 Å². The molecule has 4 heterocycles. The molecule has 1 aromatic carbocycles. The van der Waals surface area contributed by atoms with Crippen molar-refractivity contribution in [3.63, 3.8) is 0 Å². The number of carbonyl (C=O) groups excluding carboxylic acids is 1. The number of halogens is 1. The fourth-order valence-corrected chi connectivity index (χ4v) is 4.28. The van der Waals surface area contributed by atoms with Crippen LogP contribution < -0.4 is 5.32 Å². The molecule has 2 aromatic rings. The number of nitrogens with zero attached hydrogens (tertiary/aromatic N) is 3. The van der Waals surface area contributed by atoms with Gasteiger partial charge in [-0.15, -0.1) is 0 Å².